The van der Waals surface area contributed by atoms with Crippen LogP contribution in [-0.4, -0.2) is 51.3 Å². The fourth-order valence-corrected chi connectivity index (χ4v) is 4.35. The first kappa shape index (κ1) is 21.1. The molecule has 2 unspecified atom stereocenters. The standard InChI is InChI=1S/C25H29N3O3/c1-4-9-27-14-19(13-24(27)30)25-26-22-7-5-6-8-23(22)28(25)15-20(29)16-31-21-11-17(2)10-18(3)12-21/h4-8,10-12,19-20,29H,1,9,13-16H2,2-3H3. The number of nitrogens with zero attached hydrogens (tertiary/aromatic N) is 3. The number of fused-ring (bicyclic) bond motifs is 1. The largest absolute Gasteiger partial charge is 0.491 e. The number of carbonyl (C=O) groups excluding carboxylic acids is 1. The van der Waals surface area contributed by atoms with Crippen LogP contribution in [0.15, 0.2) is 55.1 Å². The summed E-state index contributed by atoms with van der Waals surface area (Å²) in [7, 11) is 0. The van der Waals surface area contributed by atoms with Crippen molar-refractivity contribution in [3.63, 3.8) is 0 Å². The number of imidazole rings is 1. The van der Waals surface area contributed by atoms with Crippen LogP contribution in [0.1, 0.15) is 29.3 Å². The van der Waals surface area contributed by atoms with Gasteiger partial charge in [0, 0.05) is 25.4 Å². The van der Waals surface area contributed by atoms with Crippen molar-refractivity contribution >= 4 is 16.9 Å². The molecule has 1 aromatic heterocycles. The van der Waals surface area contributed by atoms with Crippen molar-refractivity contribution in [3.8, 4) is 5.75 Å². The number of hydrogen-bond donors (Lipinski definition) is 1. The van der Waals surface area contributed by atoms with E-state index in [4.69, 9.17) is 9.72 Å². The van der Waals surface area contributed by atoms with Crippen LogP contribution in [0.3, 0.4) is 0 Å². The molecular formula is C25H29N3O3. The average molecular weight is 420 g/mol. The lowest BCUT2D eigenvalue weighted by Gasteiger charge is -2.18. The molecule has 1 fully saturated rings. The van der Waals surface area contributed by atoms with Gasteiger partial charge in [-0.15, -0.1) is 6.58 Å². The van der Waals surface area contributed by atoms with Crippen LogP contribution in [0.5, 0.6) is 5.75 Å². The highest BCUT2D eigenvalue weighted by atomic mass is 16.5. The van der Waals surface area contributed by atoms with Crippen molar-refractivity contribution in [1.29, 1.82) is 0 Å². The number of benzene rings is 2. The average Bonchev–Trinajstić information content (AvgIpc) is 3.27. The number of hydrogen-bond acceptors (Lipinski definition) is 4. The van der Waals surface area contributed by atoms with E-state index >= 15 is 0 Å². The monoisotopic (exact) mass is 419 g/mol. The summed E-state index contributed by atoms with van der Waals surface area (Å²) in [5, 5.41) is 10.8. The molecule has 6 heteroatoms. The van der Waals surface area contributed by atoms with Gasteiger partial charge in [0.2, 0.25) is 5.91 Å². The Bertz CT molecular complexity index is 1080. The molecule has 0 spiro atoms. The van der Waals surface area contributed by atoms with Crippen LogP contribution in [-0.2, 0) is 11.3 Å². The molecule has 1 saturated heterocycles. The summed E-state index contributed by atoms with van der Waals surface area (Å²) in [6.45, 7) is 9.49. The van der Waals surface area contributed by atoms with E-state index in [2.05, 4.69) is 12.6 Å². The fourth-order valence-electron chi connectivity index (χ4n) is 4.35. The molecule has 0 saturated carbocycles. The molecule has 0 aliphatic carbocycles. The smallest absolute Gasteiger partial charge is 0.223 e. The van der Waals surface area contributed by atoms with Crippen molar-refractivity contribution in [3.05, 3.63) is 72.1 Å². The van der Waals surface area contributed by atoms with Crippen LogP contribution in [0, 0.1) is 13.8 Å². The van der Waals surface area contributed by atoms with E-state index in [0.29, 0.717) is 26.1 Å². The number of aromatic nitrogens is 2. The molecule has 4 rings (SSSR count). The number of aliphatic hydroxyl groups excluding tert-OH is 1. The molecule has 0 bridgehead atoms. The molecule has 1 N–H and O–H groups in total. The van der Waals surface area contributed by atoms with Gasteiger partial charge in [-0.3, -0.25) is 4.79 Å². The molecule has 1 aliphatic heterocycles. The van der Waals surface area contributed by atoms with Gasteiger partial charge in [-0.25, -0.2) is 4.98 Å². The lowest BCUT2D eigenvalue weighted by Crippen LogP contribution is -2.26. The van der Waals surface area contributed by atoms with Crippen LogP contribution < -0.4 is 4.74 Å². The van der Waals surface area contributed by atoms with Gasteiger partial charge < -0.3 is 19.3 Å². The van der Waals surface area contributed by atoms with Crippen molar-refractivity contribution < 1.29 is 14.6 Å². The molecule has 162 valence electrons. The predicted molar refractivity (Wildman–Crippen MR) is 121 cm³/mol. The quantitative estimate of drug-likeness (QED) is 0.567. The SMILES string of the molecule is C=CCN1CC(c2nc3ccccc3n2CC(O)COc2cc(C)cc(C)c2)CC1=O. The summed E-state index contributed by atoms with van der Waals surface area (Å²) >= 11 is 0. The number of carbonyl (C=O) groups is 1. The Morgan fingerprint density at radius 3 is 2.74 bits per heavy atom. The molecule has 2 atom stereocenters. The number of aryl methyl sites for hydroxylation is 2. The highest BCUT2D eigenvalue weighted by molar-refractivity contribution is 5.81. The number of para-hydroxylation sites is 2. The summed E-state index contributed by atoms with van der Waals surface area (Å²) in [5.41, 5.74) is 4.08. The Morgan fingerprint density at radius 2 is 2.00 bits per heavy atom. The highest BCUT2D eigenvalue weighted by Gasteiger charge is 2.33. The third kappa shape index (κ3) is 4.64. The molecule has 1 aliphatic rings. The lowest BCUT2D eigenvalue weighted by molar-refractivity contribution is -0.127. The van der Waals surface area contributed by atoms with Gasteiger partial charge in [0.05, 0.1) is 17.6 Å². The van der Waals surface area contributed by atoms with Gasteiger partial charge in [-0.05, 0) is 49.2 Å². The van der Waals surface area contributed by atoms with Crippen molar-refractivity contribution in [2.24, 2.45) is 0 Å². The number of rotatable bonds is 8. The summed E-state index contributed by atoms with van der Waals surface area (Å²) in [4.78, 5) is 19.0. The van der Waals surface area contributed by atoms with Crippen molar-refractivity contribution in [1.82, 2.24) is 14.5 Å². The minimum atomic E-state index is -0.710. The maximum atomic E-state index is 12.4. The third-order valence-corrected chi connectivity index (χ3v) is 5.64. The molecule has 2 aromatic carbocycles. The lowest BCUT2D eigenvalue weighted by atomic mass is 10.1. The summed E-state index contributed by atoms with van der Waals surface area (Å²) in [6, 6.07) is 13.9. The summed E-state index contributed by atoms with van der Waals surface area (Å²) in [6.07, 6.45) is 1.46. The molecule has 31 heavy (non-hydrogen) atoms. The Morgan fingerprint density at radius 1 is 1.26 bits per heavy atom. The normalized spacial score (nSPS) is 17.3. The number of ether oxygens (including phenoxy) is 1. The van der Waals surface area contributed by atoms with Gasteiger partial charge in [-0.2, -0.15) is 0 Å². The first-order valence-electron chi connectivity index (χ1n) is 10.7. The molecular weight excluding hydrogens is 390 g/mol. The molecule has 6 nitrogen and oxygen atoms in total. The van der Waals surface area contributed by atoms with Gasteiger partial charge in [0.1, 0.15) is 24.3 Å². The zero-order valence-electron chi connectivity index (χ0n) is 18.1. The Kier molecular flexibility index (Phi) is 6.09. The van der Waals surface area contributed by atoms with Crippen LogP contribution in [0.4, 0.5) is 0 Å². The first-order valence-corrected chi connectivity index (χ1v) is 10.7. The predicted octanol–water partition coefficient (Wildman–Crippen LogP) is 3.59. The number of amides is 1. The number of likely N-dealkylation sites (tertiary alicyclic amines) is 1. The van der Waals surface area contributed by atoms with E-state index in [1.54, 1.807) is 11.0 Å². The maximum absolute atomic E-state index is 12.4. The van der Waals surface area contributed by atoms with Crippen LogP contribution >= 0.6 is 0 Å². The van der Waals surface area contributed by atoms with Crippen LogP contribution in [0.25, 0.3) is 11.0 Å². The second kappa shape index (κ2) is 8.94. The van der Waals surface area contributed by atoms with Crippen molar-refractivity contribution in [2.75, 3.05) is 19.7 Å². The Hall–Kier alpha value is -3.12. The topological polar surface area (TPSA) is 67.6 Å². The van der Waals surface area contributed by atoms with E-state index in [-0.39, 0.29) is 18.4 Å². The highest BCUT2D eigenvalue weighted by Crippen LogP contribution is 2.30. The van der Waals surface area contributed by atoms with Crippen LogP contribution in [0.2, 0.25) is 0 Å². The molecule has 3 aromatic rings. The van der Waals surface area contributed by atoms with Gasteiger partial charge in [-0.1, -0.05) is 24.3 Å². The van der Waals surface area contributed by atoms with Crippen molar-refractivity contribution in [2.45, 2.75) is 38.8 Å². The zero-order valence-corrected chi connectivity index (χ0v) is 18.1. The van der Waals surface area contributed by atoms with E-state index < -0.39 is 6.10 Å². The third-order valence-electron chi connectivity index (χ3n) is 5.64. The Balaban J connectivity index is 1.54. The van der Waals surface area contributed by atoms with E-state index in [1.165, 1.54) is 0 Å². The van der Waals surface area contributed by atoms with E-state index in [0.717, 1.165) is 33.7 Å². The minimum Gasteiger partial charge on any atom is -0.491 e. The zero-order chi connectivity index (χ0) is 22.0. The molecule has 2 heterocycles. The first-order chi connectivity index (χ1) is 14.9. The van der Waals surface area contributed by atoms with E-state index in [9.17, 15) is 9.90 Å². The minimum absolute atomic E-state index is 0.00705. The second-order valence-corrected chi connectivity index (χ2v) is 8.35. The maximum Gasteiger partial charge on any atom is 0.223 e. The van der Waals surface area contributed by atoms with Gasteiger partial charge >= 0.3 is 0 Å². The fraction of sp³-hybridized carbons (Fsp3) is 0.360. The van der Waals surface area contributed by atoms with Gasteiger partial charge in [0.15, 0.2) is 0 Å². The number of aliphatic hydroxyl groups is 1. The van der Waals surface area contributed by atoms with E-state index in [1.807, 2.05) is 54.8 Å². The Labute approximate surface area is 182 Å². The summed E-state index contributed by atoms with van der Waals surface area (Å²) in [5.74, 6) is 1.70. The molecule has 0 radical (unpaired) electrons. The summed E-state index contributed by atoms with van der Waals surface area (Å²) < 4.78 is 7.91. The molecule has 1 amide bonds. The van der Waals surface area contributed by atoms with Gasteiger partial charge in [0.25, 0.3) is 0 Å². The second-order valence-electron chi connectivity index (χ2n) is 8.35.